The summed E-state index contributed by atoms with van der Waals surface area (Å²) in [5.41, 5.74) is 8.03. The van der Waals surface area contributed by atoms with E-state index < -0.39 is 0 Å². The van der Waals surface area contributed by atoms with Crippen LogP contribution < -0.4 is 0 Å². The SMILES string of the molecule is C1=Cc2c(c3cc(-c4cccc(-c5cccc6c5sc5ccccc56)c4)ccc3c3ccccc23)CC1. The molecule has 0 spiro atoms. The second kappa shape index (κ2) is 8.16. The summed E-state index contributed by atoms with van der Waals surface area (Å²) in [6.07, 6.45) is 6.87. The van der Waals surface area contributed by atoms with Gasteiger partial charge in [-0.05, 0) is 86.0 Å². The van der Waals surface area contributed by atoms with Crippen LogP contribution in [0.5, 0.6) is 0 Å². The van der Waals surface area contributed by atoms with Gasteiger partial charge >= 0.3 is 0 Å². The first-order chi connectivity index (χ1) is 18.3. The van der Waals surface area contributed by atoms with Crippen LogP contribution in [0.25, 0.3) is 70.0 Å². The zero-order chi connectivity index (χ0) is 24.3. The maximum atomic E-state index is 2.43. The van der Waals surface area contributed by atoms with Gasteiger partial charge in [0.1, 0.15) is 0 Å². The molecular weight excluding hydrogens is 464 g/mol. The quantitative estimate of drug-likeness (QED) is 0.212. The van der Waals surface area contributed by atoms with Crippen LogP contribution >= 0.6 is 11.3 Å². The Labute approximate surface area is 220 Å². The molecule has 0 saturated carbocycles. The molecule has 0 atom stereocenters. The lowest BCUT2D eigenvalue weighted by Crippen LogP contribution is -1.98. The number of thiophene rings is 1. The van der Waals surface area contributed by atoms with Crippen molar-refractivity contribution in [1.29, 1.82) is 0 Å². The van der Waals surface area contributed by atoms with Crippen molar-refractivity contribution in [2.75, 3.05) is 0 Å². The standard InChI is InChI=1S/C36H24S/c1-2-13-29-27(11-1)28-12-3-4-14-30(28)34-22-24(19-20-31(29)34)23-9-7-10-25(21-23)26-16-8-17-33-32-15-5-6-18-35(32)37-36(26)33/h1-3,5-13,15-22H,4,14H2. The molecule has 37 heavy (non-hydrogen) atoms. The number of rotatable bonds is 2. The third-order valence-electron chi connectivity index (χ3n) is 7.93. The van der Waals surface area contributed by atoms with Crippen molar-refractivity contribution < 1.29 is 0 Å². The lowest BCUT2D eigenvalue weighted by Gasteiger charge is -2.18. The molecule has 0 saturated heterocycles. The Kier molecular flexibility index (Phi) is 4.62. The van der Waals surface area contributed by atoms with Gasteiger partial charge in [0, 0.05) is 20.2 Å². The molecule has 0 bridgehead atoms. The number of hydrogen-bond acceptors (Lipinski definition) is 1. The molecule has 1 heteroatoms. The summed E-state index contributed by atoms with van der Waals surface area (Å²) < 4.78 is 2.72. The molecule has 0 N–H and O–H groups in total. The molecular formula is C36H24S. The maximum absolute atomic E-state index is 2.43. The van der Waals surface area contributed by atoms with Gasteiger partial charge in [-0.1, -0.05) is 103 Å². The summed E-state index contributed by atoms with van der Waals surface area (Å²) in [7, 11) is 0. The minimum absolute atomic E-state index is 1.10. The van der Waals surface area contributed by atoms with Crippen LogP contribution in [0.3, 0.4) is 0 Å². The highest BCUT2D eigenvalue weighted by Gasteiger charge is 2.16. The molecule has 174 valence electrons. The molecule has 0 radical (unpaired) electrons. The normalized spacial score (nSPS) is 13.1. The average Bonchev–Trinajstić information content (AvgIpc) is 3.36. The predicted molar refractivity (Wildman–Crippen MR) is 163 cm³/mol. The molecule has 1 aliphatic carbocycles. The third-order valence-corrected chi connectivity index (χ3v) is 9.15. The number of fused-ring (bicyclic) bond motifs is 9. The molecule has 1 aromatic heterocycles. The first-order valence-electron chi connectivity index (χ1n) is 13.0. The van der Waals surface area contributed by atoms with Gasteiger partial charge in [0.2, 0.25) is 0 Å². The van der Waals surface area contributed by atoms with E-state index in [1.807, 2.05) is 11.3 Å². The summed E-state index contributed by atoms with van der Waals surface area (Å²) >= 11 is 1.90. The van der Waals surface area contributed by atoms with Gasteiger partial charge in [0.05, 0.1) is 0 Å². The first kappa shape index (κ1) is 20.9. The average molecular weight is 489 g/mol. The van der Waals surface area contributed by atoms with E-state index in [1.54, 1.807) is 0 Å². The number of hydrogen-bond donors (Lipinski definition) is 0. The van der Waals surface area contributed by atoms with Crippen LogP contribution in [0.15, 0.2) is 115 Å². The fourth-order valence-corrected chi connectivity index (χ4v) is 7.44. The summed E-state index contributed by atoms with van der Waals surface area (Å²) in [5, 5.41) is 8.17. The largest absolute Gasteiger partial charge is 0.135 e. The zero-order valence-corrected chi connectivity index (χ0v) is 21.2. The molecule has 1 aliphatic rings. The van der Waals surface area contributed by atoms with Crippen molar-refractivity contribution >= 4 is 59.1 Å². The highest BCUT2D eigenvalue weighted by Crippen LogP contribution is 2.42. The third kappa shape index (κ3) is 3.21. The maximum Gasteiger partial charge on any atom is 0.0433 e. The van der Waals surface area contributed by atoms with Crippen LogP contribution in [0, 0.1) is 0 Å². The van der Waals surface area contributed by atoms with Crippen LogP contribution in [0.4, 0.5) is 0 Å². The van der Waals surface area contributed by atoms with E-state index in [9.17, 15) is 0 Å². The van der Waals surface area contributed by atoms with E-state index >= 15 is 0 Å². The van der Waals surface area contributed by atoms with Crippen LogP contribution in [0.1, 0.15) is 17.5 Å². The second-order valence-corrected chi connectivity index (χ2v) is 11.1. The molecule has 0 amide bonds. The highest BCUT2D eigenvalue weighted by molar-refractivity contribution is 7.26. The van der Waals surface area contributed by atoms with E-state index in [0.29, 0.717) is 0 Å². The Balaban J connectivity index is 1.32. The first-order valence-corrected chi connectivity index (χ1v) is 13.8. The molecule has 8 rings (SSSR count). The lowest BCUT2D eigenvalue weighted by molar-refractivity contribution is 1.00. The Morgan fingerprint density at radius 3 is 2.19 bits per heavy atom. The molecule has 7 aromatic rings. The van der Waals surface area contributed by atoms with Crippen molar-refractivity contribution in [2.24, 2.45) is 0 Å². The Morgan fingerprint density at radius 1 is 0.514 bits per heavy atom. The zero-order valence-electron chi connectivity index (χ0n) is 20.4. The van der Waals surface area contributed by atoms with E-state index in [0.717, 1.165) is 12.8 Å². The second-order valence-electron chi connectivity index (χ2n) is 10.0. The van der Waals surface area contributed by atoms with Crippen LogP contribution in [0.2, 0.25) is 0 Å². The Hall–Kier alpha value is -4.20. The monoisotopic (exact) mass is 488 g/mol. The fourth-order valence-electron chi connectivity index (χ4n) is 6.20. The molecule has 6 aromatic carbocycles. The van der Waals surface area contributed by atoms with E-state index in [4.69, 9.17) is 0 Å². The molecule has 1 heterocycles. The number of aryl methyl sites for hydroxylation is 1. The minimum atomic E-state index is 1.10. The van der Waals surface area contributed by atoms with Gasteiger partial charge in [-0.15, -0.1) is 11.3 Å². The predicted octanol–water partition coefficient (Wildman–Crippen LogP) is 10.7. The molecule has 0 nitrogen and oxygen atoms in total. The molecule has 0 aliphatic heterocycles. The molecule has 0 fully saturated rings. The minimum Gasteiger partial charge on any atom is -0.135 e. The van der Waals surface area contributed by atoms with Crippen molar-refractivity contribution in [3.05, 3.63) is 126 Å². The number of benzene rings is 6. The van der Waals surface area contributed by atoms with Gasteiger partial charge in [0.25, 0.3) is 0 Å². The van der Waals surface area contributed by atoms with Gasteiger partial charge < -0.3 is 0 Å². The topological polar surface area (TPSA) is 0 Å². The number of allylic oxidation sites excluding steroid dienone is 1. The van der Waals surface area contributed by atoms with E-state index in [-0.39, 0.29) is 0 Å². The smallest absolute Gasteiger partial charge is 0.0433 e. The summed E-state index contributed by atoms with van der Waals surface area (Å²) in [6, 6.07) is 40.5. The van der Waals surface area contributed by atoms with Crippen molar-refractivity contribution in [3.63, 3.8) is 0 Å². The summed E-state index contributed by atoms with van der Waals surface area (Å²) in [6.45, 7) is 0. The van der Waals surface area contributed by atoms with Crippen LogP contribution in [-0.4, -0.2) is 0 Å². The van der Waals surface area contributed by atoms with Gasteiger partial charge in [0.15, 0.2) is 0 Å². The van der Waals surface area contributed by atoms with E-state index in [1.165, 1.54) is 75.1 Å². The van der Waals surface area contributed by atoms with Crippen molar-refractivity contribution in [3.8, 4) is 22.3 Å². The Morgan fingerprint density at radius 2 is 1.24 bits per heavy atom. The Bertz CT molecular complexity index is 2040. The summed E-state index contributed by atoms with van der Waals surface area (Å²) in [5.74, 6) is 0. The van der Waals surface area contributed by atoms with E-state index in [2.05, 4.69) is 121 Å². The van der Waals surface area contributed by atoms with Gasteiger partial charge in [-0.3, -0.25) is 0 Å². The van der Waals surface area contributed by atoms with Crippen molar-refractivity contribution in [1.82, 2.24) is 0 Å². The molecule has 0 unspecified atom stereocenters. The lowest BCUT2D eigenvalue weighted by atomic mass is 9.85. The highest BCUT2D eigenvalue weighted by atomic mass is 32.1. The van der Waals surface area contributed by atoms with Gasteiger partial charge in [-0.2, -0.15) is 0 Å². The van der Waals surface area contributed by atoms with Crippen molar-refractivity contribution in [2.45, 2.75) is 12.8 Å². The van der Waals surface area contributed by atoms with Crippen LogP contribution in [-0.2, 0) is 6.42 Å². The van der Waals surface area contributed by atoms with Gasteiger partial charge in [-0.25, -0.2) is 0 Å². The fraction of sp³-hybridized carbons (Fsp3) is 0.0556. The summed E-state index contributed by atoms with van der Waals surface area (Å²) in [4.78, 5) is 0.